The van der Waals surface area contributed by atoms with Gasteiger partial charge in [-0.2, -0.15) is 0 Å². The van der Waals surface area contributed by atoms with Crippen molar-refractivity contribution in [3.05, 3.63) is 234 Å². The first-order chi connectivity index (χ1) is 30.3. The topological polar surface area (TPSA) is 25.1 Å². The molecule has 1 N–H and O–H groups in total. The van der Waals surface area contributed by atoms with Gasteiger partial charge in [-0.15, -0.1) is 0 Å². The molecule has 0 aliphatic carbocycles. The Kier molecular flexibility index (Phi) is 6.72. The van der Waals surface area contributed by atoms with E-state index < -0.39 is 5.41 Å². The zero-order valence-electron chi connectivity index (χ0n) is 33.0. The molecule has 2 unspecified atom stereocenters. The lowest BCUT2D eigenvalue weighted by atomic mass is 9.62. The highest BCUT2D eigenvalue weighted by atomic mass is 32.2. The number of rotatable bonds is 3. The molecule has 14 rings (SSSR count). The first-order valence-electron chi connectivity index (χ1n) is 21.1. The van der Waals surface area contributed by atoms with Gasteiger partial charge in [0.25, 0.3) is 0 Å². The van der Waals surface area contributed by atoms with Crippen LogP contribution in [0.25, 0.3) is 55.0 Å². The Morgan fingerprint density at radius 2 is 1.08 bits per heavy atom. The molecule has 5 heteroatoms. The van der Waals surface area contributed by atoms with Gasteiger partial charge < -0.3 is 19.4 Å². The summed E-state index contributed by atoms with van der Waals surface area (Å²) >= 11 is 1.93. The predicted octanol–water partition coefficient (Wildman–Crippen LogP) is 14.3. The summed E-state index contributed by atoms with van der Waals surface area (Å²) < 4.78 is 5.00. The minimum Gasteiger partial charge on any atom is -0.359 e. The summed E-state index contributed by atoms with van der Waals surface area (Å²) in [4.78, 5) is 5.03. The van der Waals surface area contributed by atoms with Crippen LogP contribution in [0.15, 0.2) is 216 Å². The summed E-state index contributed by atoms with van der Waals surface area (Å²) in [5, 5.41) is 8.97. The van der Waals surface area contributed by atoms with Gasteiger partial charge >= 0.3 is 0 Å². The largest absolute Gasteiger partial charge is 0.359 e. The molecule has 3 aliphatic heterocycles. The van der Waals surface area contributed by atoms with E-state index in [1.165, 1.54) is 92.6 Å². The summed E-state index contributed by atoms with van der Waals surface area (Å²) in [5.74, 6) is 0. The predicted molar refractivity (Wildman–Crippen MR) is 252 cm³/mol. The number of nitrogens with one attached hydrogen (secondary N) is 1. The van der Waals surface area contributed by atoms with E-state index in [0.29, 0.717) is 0 Å². The average molecular weight is 797 g/mol. The summed E-state index contributed by atoms with van der Waals surface area (Å²) in [6.45, 7) is 0. The molecule has 0 bridgehead atoms. The van der Waals surface area contributed by atoms with Gasteiger partial charge in [0.15, 0.2) is 0 Å². The highest BCUT2D eigenvalue weighted by molar-refractivity contribution is 7.99. The fraction of sp³-hybridized carbons (Fsp3) is 0.0357. The minimum absolute atomic E-state index is 0.0341. The number of anilines is 3. The lowest BCUT2D eigenvalue weighted by Gasteiger charge is -2.45. The molecule has 0 radical (unpaired) electrons. The second kappa shape index (κ2) is 12.3. The molecule has 61 heavy (non-hydrogen) atoms. The lowest BCUT2D eigenvalue weighted by molar-refractivity contribution is 0.692. The molecule has 3 aliphatic rings. The van der Waals surface area contributed by atoms with Crippen LogP contribution in [-0.4, -0.2) is 9.13 Å². The van der Waals surface area contributed by atoms with E-state index >= 15 is 0 Å². The Morgan fingerprint density at radius 1 is 0.426 bits per heavy atom. The third-order valence-corrected chi connectivity index (χ3v) is 14.8. The zero-order chi connectivity index (χ0) is 39.8. The highest BCUT2D eigenvalue weighted by Crippen LogP contribution is 2.62. The van der Waals surface area contributed by atoms with Gasteiger partial charge in [0.2, 0.25) is 0 Å². The van der Waals surface area contributed by atoms with Crippen LogP contribution in [0.2, 0.25) is 0 Å². The van der Waals surface area contributed by atoms with Crippen molar-refractivity contribution in [1.82, 2.24) is 9.13 Å². The molecule has 0 saturated carbocycles. The van der Waals surface area contributed by atoms with Crippen molar-refractivity contribution >= 4 is 72.4 Å². The third-order valence-electron chi connectivity index (χ3n) is 13.6. The van der Waals surface area contributed by atoms with Gasteiger partial charge in [0.1, 0.15) is 6.17 Å². The summed E-state index contributed by atoms with van der Waals surface area (Å²) in [6, 6.07) is 76.5. The molecule has 0 amide bonds. The average Bonchev–Trinajstić information content (AvgIpc) is 4.00. The van der Waals surface area contributed by atoms with E-state index in [0.717, 1.165) is 17.1 Å². The van der Waals surface area contributed by atoms with Gasteiger partial charge in [0, 0.05) is 42.7 Å². The van der Waals surface area contributed by atoms with Crippen LogP contribution in [0, 0.1) is 0 Å². The Morgan fingerprint density at radius 3 is 1.93 bits per heavy atom. The summed E-state index contributed by atoms with van der Waals surface area (Å²) in [6.07, 6.45) is -0.0341. The second-order valence-electron chi connectivity index (χ2n) is 16.5. The maximum Gasteiger partial charge on any atom is 0.130 e. The molecule has 5 heterocycles. The molecule has 9 aromatic carbocycles. The fourth-order valence-electron chi connectivity index (χ4n) is 11.2. The number of hydrogen-bond donors (Lipinski definition) is 1. The standard InChI is InChI=1S/C56H36N4S/c1-2-15-36(16-3-1)59-49-27-12-8-23-45(49)57-55(59)35-29-31-37(32-30-35)58-47-25-10-5-18-40(47)52-50(58)34-33-44-54(52)61-51-28-13-7-21-42(51)56(44)41-20-6-11-26-48(41)60-46-24-9-4-17-38(46)39-19-14-22-43(56)53(39)60/h1-34,55,57H. The molecular weight excluding hydrogens is 761 g/mol. The molecule has 11 aromatic rings. The monoisotopic (exact) mass is 796 g/mol. The molecule has 2 aromatic heterocycles. The fourth-order valence-corrected chi connectivity index (χ4v) is 12.5. The summed E-state index contributed by atoms with van der Waals surface area (Å²) in [5.41, 5.74) is 16.8. The van der Waals surface area contributed by atoms with Crippen molar-refractivity contribution in [2.45, 2.75) is 21.4 Å². The lowest BCUT2D eigenvalue weighted by Crippen LogP contribution is -2.37. The van der Waals surface area contributed by atoms with E-state index in [-0.39, 0.29) is 6.17 Å². The van der Waals surface area contributed by atoms with Gasteiger partial charge in [-0.1, -0.05) is 151 Å². The zero-order valence-corrected chi connectivity index (χ0v) is 33.8. The van der Waals surface area contributed by atoms with Gasteiger partial charge in [-0.05, 0) is 94.5 Å². The highest BCUT2D eigenvalue weighted by Gasteiger charge is 2.50. The van der Waals surface area contributed by atoms with Crippen molar-refractivity contribution in [2.75, 3.05) is 10.2 Å². The minimum atomic E-state index is -0.535. The smallest absolute Gasteiger partial charge is 0.130 e. The molecule has 0 saturated heterocycles. The maximum atomic E-state index is 3.83. The van der Waals surface area contributed by atoms with Crippen LogP contribution < -0.4 is 10.2 Å². The Labute approximate surface area is 356 Å². The maximum absolute atomic E-state index is 3.83. The molecular formula is C56H36N4S. The van der Waals surface area contributed by atoms with Crippen LogP contribution in [0.3, 0.4) is 0 Å². The number of para-hydroxylation sites is 7. The van der Waals surface area contributed by atoms with Crippen molar-refractivity contribution < 1.29 is 0 Å². The van der Waals surface area contributed by atoms with Crippen molar-refractivity contribution in [1.29, 1.82) is 0 Å². The SMILES string of the molecule is c1ccc(N2c3ccccc3NC2c2ccc(-n3c4ccccc4c4c5c(ccc43)C3(c4ccccc4S5)c4ccccc4-n4c5ccccc5c5cccc3c54)cc2)cc1. The number of aromatic nitrogens is 2. The summed E-state index contributed by atoms with van der Waals surface area (Å²) in [7, 11) is 0. The van der Waals surface area contributed by atoms with E-state index in [1.54, 1.807) is 0 Å². The molecule has 286 valence electrons. The first kappa shape index (κ1) is 33.4. The van der Waals surface area contributed by atoms with Crippen LogP contribution in [-0.2, 0) is 5.41 Å². The Hall–Kier alpha value is -7.47. The van der Waals surface area contributed by atoms with Crippen LogP contribution in [0.4, 0.5) is 17.1 Å². The Bertz CT molecular complexity index is 3620. The molecule has 4 nitrogen and oxygen atoms in total. The van der Waals surface area contributed by atoms with Crippen LogP contribution >= 0.6 is 11.8 Å². The number of benzene rings is 9. The third kappa shape index (κ3) is 4.30. The van der Waals surface area contributed by atoms with Gasteiger partial charge in [-0.25, -0.2) is 0 Å². The van der Waals surface area contributed by atoms with E-state index in [1.807, 2.05) is 11.8 Å². The number of fused-ring (bicyclic) bond motifs is 16. The van der Waals surface area contributed by atoms with Crippen LogP contribution in [0.5, 0.6) is 0 Å². The quantitative estimate of drug-likeness (QED) is 0.193. The van der Waals surface area contributed by atoms with E-state index in [4.69, 9.17) is 0 Å². The molecule has 2 atom stereocenters. The van der Waals surface area contributed by atoms with Gasteiger partial charge in [0.05, 0.1) is 44.5 Å². The molecule has 1 spiro atoms. The van der Waals surface area contributed by atoms with Crippen molar-refractivity contribution in [3.8, 4) is 11.4 Å². The van der Waals surface area contributed by atoms with Gasteiger partial charge in [-0.3, -0.25) is 0 Å². The molecule has 0 fully saturated rings. The first-order valence-corrected chi connectivity index (χ1v) is 21.9. The normalized spacial score (nSPS) is 17.1. The van der Waals surface area contributed by atoms with E-state index in [2.05, 4.69) is 226 Å². The second-order valence-corrected chi connectivity index (χ2v) is 17.5. The number of hydrogen-bond acceptors (Lipinski definition) is 3. The van der Waals surface area contributed by atoms with E-state index in [9.17, 15) is 0 Å². The van der Waals surface area contributed by atoms with Crippen molar-refractivity contribution in [2.24, 2.45) is 0 Å². The number of nitrogens with zero attached hydrogens (tertiary/aromatic N) is 3. The van der Waals surface area contributed by atoms with Crippen LogP contribution in [0.1, 0.15) is 34.0 Å². The van der Waals surface area contributed by atoms with Crippen molar-refractivity contribution in [3.63, 3.8) is 0 Å². The Balaban J connectivity index is 1.00.